The van der Waals surface area contributed by atoms with Crippen molar-refractivity contribution in [2.24, 2.45) is 13.0 Å². The first-order valence-corrected chi connectivity index (χ1v) is 8.16. The maximum Gasteiger partial charge on any atom is 0.229 e. The topological polar surface area (TPSA) is 76.5 Å². The first-order chi connectivity index (χ1) is 11.9. The minimum atomic E-state index is -0.381. The van der Waals surface area contributed by atoms with Gasteiger partial charge in [0.05, 0.1) is 30.1 Å². The molecule has 7 nitrogen and oxygen atoms in total. The number of benzene rings is 1. The lowest BCUT2D eigenvalue weighted by Crippen LogP contribution is -2.28. The van der Waals surface area contributed by atoms with Gasteiger partial charge in [-0.25, -0.2) is 0 Å². The van der Waals surface area contributed by atoms with Crippen molar-refractivity contribution >= 4 is 23.2 Å². The number of aryl methyl sites for hydroxylation is 2. The Hall–Kier alpha value is -2.83. The molecule has 1 aliphatic rings. The molecule has 0 bridgehead atoms. The molecule has 25 heavy (non-hydrogen) atoms. The van der Waals surface area contributed by atoms with E-state index in [0.717, 1.165) is 28.5 Å². The number of carbonyl (C=O) groups excluding carboxylic acids is 2. The molecule has 1 aliphatic heterocycles. The predicted molar refractivity (Wildman–Crippen MR) is 94.8 cm³/mol. The fraction of sp³-hybridized carbons (Fsp3) is 0.389. The van der Waals surface area contributed by atoms with Crippen LogP contribution in [0.1, 0.15) is 17.8 Å². The van der Waals surface area contributed by atoms with Gasteiger partial charge < -0.3 is 15.0 Å². The van der Waals surface area contributed by atoms with Gasteiger partial charge in [-0.3, -0.25) is 14.3 Å². The molecule has 132 valence electrons. The van der Waals surface area contributed by atoms with Crippen LogP contribution in [0.4, 0.5) is 11.4 Å². The van der Waals surface area contributed by atoms with Gasteiger partial charge in [0.1, 0.15) is 5.75 Å². The average Bonchev–Trinajstić information content (AvgIpc) is 3.10. The van der Waals surface area contributed by atoms with Crippen molar-refractivity contribution in [1.29, 1.82) is 0 Å². The van der Waals surface area contributed by atoms with Gasteiger partial charge in [0.25, 0.3) is 0 Å². The van der Waals surface area contributed by atoms with Crippen molar-refractivity contribution in [3.63, 3.8) is 0 Å². The largest absolute Gasteiger partial charge is 0.497 e. The number of ether oxygens (including phenoxy) is 1. The van der Waals surface area contributed by atoms with Gasteiger partial charge >= 0.3 is 0 Å². The highest BCUT2D eigenvalue weighted by Gasteiger charge is 2.35. The van der Waals surface area contributed by atoms with E-state index in [9.17, 15) is 9.59 Å². The summed E-state index contributed by atoms with van der Waals surface area (Å²) in [5, 5.41) is 7.23. The Kier molecular flexibility index (Phi) is 4.48. The lowest BCUT2D eigenvalue weighted by atomic mass is 10.1. The number of hydrogen-bond acceptors (Lipinski definition) is 4. The van der Waals surface area contributed by atoms with Crippen LogP contribution in [0, 0.1) is 19.8 Å². The molecule has 1 aromatic carbocycles. The Morgan fingerprint density at radius 2 is 1.96 bits per heavy atom. The normalized spacial score (nSPS) is 17.0. The van der Waals surface area contributed by atoms with Crippen molar-refractivity contribution in [1.82, 2.24) is 9.78 Å². The standard InChI is InChI=1S/C18H22N4O3/c1-11-17(12(2)21(3)20-11)19-18(24)13-9-16(23)22(10-13)14-5-7-15(25-4)8-6-14/h5-8,13H,9-10H2,1-4H3,(H,19,24). The number of anilines is 2. The molecule has 0 aliphatic carbocycles. The second-order valence-electron chi connectivity index (χ2n) is 6.26. The van der Waals surface area contributed by atoms with Gasteiger partial charge in [-0.2, -0.15) is 5.10 Å². The Bertz CT molecular complexity index is 810. The second kappa shape index (κ2) is 6.58. The lowest BCUT2D eigenvalue weighted by molar-refractivity contribution is -0.122. The summed E-state index contributed by atoms with van der Waals surface area (Å²) in [6.07, 6.45) is 0.205. The molecule has 2 aromatic rings. The molecule has 0 spiro atoms. The molecule has 2 heterocycles. The maximum atomic E-state index is 12.6. The summed E-state index contributed by atoms with van der Waals surface area (Å²) in [5.74, 6) is 0.148. The summed E-state index contributed by atoms with van der Waals surface area (Å²) in [5.41, 5.74) is 3.16. The summed E-state index contributed by atoms with van der Waals surface area (Å²) in [6.45, 7) is 4.13. The molecule has 7 heteroatoms. The van der Waals surface area contributed by atoms with Crippen molar-refractivity contribution in [2.75, 3.05) is 23.9 Å². The van der Waals surface area contributed by atoms with Gasteiger partial charge in [-0.05, 0) is 38.1 Å². The quantitative estimate of drug-likeness (QED) is 0.922. The molecule has 1 unspecified atom stereocenters. The van der Waals surface area contributed by atoms with E-state index in [0.29, 0.717) is 6.54 Å². The molecule has 1 saturated heterocycles. The summed E-state index contributed by atoms with van der Waals surface area (Å²) in [7, 11) is 3.43. The van der Waals surface area contributed by atoms with Gasteiger partial charge in [0.2, 0.25) is 11.8 Å². The van der Waals surface area contributed by atoms with Crippen LogP contribution in [0.5, 0.6) is 5.75 Å². The van der Waals surface area contributed by atoms with Crippen molar-refractivity contribution < 1.29 is 14.3 Å². The van der Waals surface area contributed by atoms with E-state index in [1.165, 1.54) is 0 Å². The Morgan fingerprint density at radius 3 is 2.52 bits per heavy atom. The molecule has 0 saturated carbocycles. The molecule has 1 atom stereocenters. The van der Waals surface area contributed by atoms with Crippen LogP contribution in [-0.4, -0.2) is 35.2 Å². The first-order valence-electron chi connectivity index (χ1n) is 8.16. The second-order valence-corrected chi connectivity index (χ2v) is 6.26. The first kappa shape index (κ1) is 17.0. The van der Waals surface area contributed by atoms with E-state index in [2.05, 4.69) is 10.4 Å². The zero-order valence-electron chi connectivity index (χ0n) is 14.9. The summed E-state index contributed by atoms with van der Waals surface area (Å²) in [4.78, 5) is 26.6. The minimum Gasteiger partial charge on any atom is -0.497 e. The Morgan fingerprint density at radius 1 is 1.28 bits per heavy atom. The van der Waals surface area contributed by atoms with Crippen LogP contribution < -0.4 is 15.0 Å². The van der Waals surface area contributed by atoms with Crippen molar-refractivity contribution in [2.45, 2.75) is 20.3 Å². The molecule has 0 radical (unpaired) electrons. The number of carbonyl (C=O) groups is 2. The van der Waals surface area contributed by atoms with E-state index in [1.807, 2.05) is 33.0 Å². The highest BCUT2D eigenvalue weighted by molar-refractivity contribution is 6.03. The van der Waals surface area contributed by atoms with Crippen LogP contribution in [0.2, 0.25) is 0 Å². The summed E-state index contributed by atoms with van der Waals surface area (Å²) in [6, 6.07) is 7.26. The highest BCUT2D eigenvalue weighted by atomic mass is 16.5. The third-order valence-electron chi connectivity index (χ3n) is 4.64. The summed E-state index contributed by atoms with van der Waals surface area (Å²) >= 11 is 0. The van der Waals surface area contributed by atoms with Crippen LogP contribution in [0.25, 0.3) is 0 Å². The van der Waals surface area contributed by atoms with E-state index < -0.39 is 0 Å². The third kappa shape index (κ3) is 3.22. The van der Waals surface area contributed by atoms with Crippen LogP contribution in [-0.2, 0) is 16.6 Å². The third-order valence-corrected chi connectivity index (χ3v) is 4.64. The molecule has 2 amide bonds. The summed E-state index contributed by atoms with van der Waals surface area (Å²) < 4.78 is 6.86. The SMILES string of the molecule is COc1ccc(N2CC(C(=O)Nc3c(C)nn(C)c3C)CC2=O)cc1. The number of rotatable bonds is 4. The van der Waals surface area contributed by atoms with Crippen LogP contribution in [0.3, 0.4) is 0 Å². The molecule has 1 fully saturated rings. The van der Waals surface area contributed by atoms with Gasteiger partial charge in [-0.15, -0.1) is 0 Å². The predicted octanol–water partition coefficient (Wildman–Crippen LogP) is 2.04. The number of methoxy groups -OCH3 is 1. The molecular formula is C18H22N4O3. The number of nitrogens with zero attached hydrogens (tertiary/aromatic N) is 3. The number of amides is 2. The van der Waals surface area contributed by atoms with E-state index in [4.69, 9.17) is 4.74 Å². The maximum absolute atomic E-state index is 12.6. The minimum absolute atomic E-state index is 0.0510. The zero-order valence-corrected chi connectivity index (χ0v) is 14.9. The van der Waals surface area contributed by atoms with Crippen molar-refractivity contribution in [3.8, 4) is 5.75 Å². The van der Waals surface area contributed by atoms with Gasteiger partial charge in [0, 0.05) is 25.7 Å². The molecule has 1 N–H and O–H groups in total. The monoisotopic (exact) mass is 342 g/mol. The van der Waals surface area contributed by atoms with Crippen molar-refractivity contribution in [3.05, 3.63) is 35.7 Å². The highest BCUT2D eigenvalue weighted by Crippen LogP contribution is 2.28. The fourth-order valence-electron chi connectivity index (χ4n) is 3.07. The molecule has 3 rings (SSSR count). The van der Waals surface area contributed by atoms with Gasteiger partial charge in [-0.1, -0.05) is 0 Å². The van der Waals surface area contributed by atoms with Crippen LogP contribution in [0.15, 0.2) is 24.3 Å². The Labute approximate surface area is 146 Å². The van der Waals surface area contributed by atoms with E-state index in [-0.39, 0.29) is 24.2 Å². The molecular weight excluding hydrogens is 320 g/mol. The fourth-order valence-corrected chi connectivity index (χ4v) is 3.07. The average molecular weight is 342 g/mol. The van der Waals surface area contributed by atoms with Crippen LogP contribution >= 0.6 is 0 Å². The molecule has 1 aromatic heterocycles. The van der Waals surface area contributed by atoms with E-state index >= 15 is 0 Å². The number of nitrogens with one attached hydrogen (secondary N) is 1. The Balaban J connectivity index is 1.72. The van der Waals surface area contributed by atoms with Gasteiger partial charge in [0.15, 0.2) is 0 Å². The van der Waals surface area contributed by atoms with E-state index in [1.54, 1.807) is 28.8 Å². The number of hydrogen-bond donors (Lipinski definition) is 1. The zero-order chi connectivity index (χ0) is 18.1. The smallest absolute Gasteiger partial charge is 0.229 e. The number of aromatic nitrogens is 2. The lowest BCUT2D eigenvalue weighted by Gasteiger charge is -2.17.